The van der Waals surface area contributed by atoms with E-state index in [0.29, 0.717) is 11.5 Å². The number of thiazole rings is 2. The highest BCUT2D eigenvalue weighted by atomic mass is 32.1. The Bertz CT molecular complexity index is 1110. The van der Waals surface area contributed by atoms with Crippen molar-refractivity contribution in [1.82, 2.24) is 9.97 Å². The maximum Gasteiger partial charge on any atom is 0.348 e. The molecule has 6 nitrogen and oxygen atoms in total. The molecule has 134 valence electrons. The van der Waals surface area contributed by atoms with Crippen molar-refractivity contribution in [2.24, 2.45) is 0 Å². The number of carbonyl (C=O) groups excluding carboxylic acids is 1. The normalized spacial score (nSPS) is 11.2. The van der Waals surface area contributed by atoms with Crippen LogP contribution in [0, 0.1) is 6.92 Å². The Balaban J connectivity index is 1.62. The van der Waals surface area contributed by atoms with Gasteiger partial charge in [0.1, 0.15) is 15.5 Å². The van der Waals surface area contributed by atoms with Gasteiger partial charge in [-0.15, -0.1) is 11.3 Å². The van der Waals surface area contributed by atoms with Crippen LogP contribution in [-0.2, 0) is 4.74 Å². The van der Waals surface area contributed by atoms with Crippen molar-refractivity contribution < 1.29 is 14.3 Å². The maximum atomic E-state index is 12.0. The Labute approximate surface area is 161 Å². The van der Waals surface area contributed by atoms with Crippen LogP contribution >= 0.6 is 34.0 Å². The van der Waals surface area contributed by atoms with Gasteiger partial charge in [-0.05, 0) is 37.6 Å². The number of carbonyl (C=O) groups is 1. The Morgan fingerprint density at radius 3 is 2.73 bits per heavy atom. The lowest BCUT2D eigenvalue weighted by Crippen LogP contribution is -2.03. The van der Waals surface area contributed by atoms with Crippen molar-refractivity contribution >= 4 is 70.0 Å². The minimum absolute atomic E-state index is 0.283. The van der Waals surface area contributed by atoms with E-state index in [4.69, 9.17) is 9.47 Å². The first-order valence-corrected chi connectivity index (χ1v) is 10.3. The van der Waals surface area contributed by atoms with Crippen LogP contribution in [0.1, 0.15) is 22.2 Å². The molecule has 0 aliphatic carbocycles. The Kier molecular flexibility index (Phi) is 4.51. The van der Waals surface area contributed by atoms with Crippen LogP contribution in [0.5, 0.6) is 5.75 Å². The third-order valence-corrected chi connectivity index (χ3v) is 7.07. The highest BCUT2D eigenvalue weighted by Gasteiger charge is 2.20. The predicted octanol–water partition coefficient (Wildman–Crippen LogP) is 5.20. The molecule has 0 amide bonds. The lowest BCUT2D eigenvalue weighted by molar-refractivity contribution is 0.0531. The largest absolute Gasteiger partial charge is 0.497 e. The topological polar surface area (TPSA) is 73.3 Å². The Morgan fingerprint density at radius 1 is 1.19 bits per heavy atom. The molecule has 0 radical (unpaired) electrons. The van der Waals surface area contributed by atoms with Gasteiger partial charge in [0.05, 0.1) is 28.6 Å². The first-order valence-electron chi connectivity index (χ1n) is 7.87. The molecule has 26 heavy (non-hydrogen) atoms. The number of aryl methyl sites for hydroxylation is 1. The number of hydrogen-bond acceptors (Lipinski definition) is 9. The second-order valence-corrected chi connectivity index (χ2v) is 8.44. The van der Waals surface area contributed by atoms with Crippen molar-refractivity contribution in [3.05, 3.63) is 28.6 Å². The summed E-state index contributed by atoms with van der Waals surface area (Å²) in [5.74, 6) is 0.527. The molecule has 0 saturated heterocycles. The van der Waals surface area contributed by atoms with Crippen LogP contribution in [0.2, 0.25) is 0 Å². The smallest absolute Gasteiger partial charge is 0.348 e. The molecule has 3 aromatic heterocycles. The third-order valence-electron chi connectivity index (χ3n) is 3.75. The minimum atomic E-state index is -0.283. The third kappa shape index (κ3) is 3.02. The zero-order valence-electron chi connectivity index (χ0n) is 14.3. The van der Waals surface area contributed by atoms with Crippen LogP contribution in [0.15, 0.2) is 18.2 Å². The summed E-state index contributed by atoms with van der Waals surface area (Å²) in [5, 5.41) is 4.81. The van der Waals surface area contributed by atoms with Gasteiger partial charge in [0.25, 0.3) is 0 Å². The van der Waals surface area contributed by atoms with E-state index in [0.717, 1.165) is 41.3 Å². The molecule has 3 heterocycles. The molecule has 0 saturated carbocycles. The number of fused-ring (bicyclic) bond motifs is 2. The summed E-state index contributed by atoms with van der Waals surface area (Å²) in [7, 11) is 1.65. The van der Waals surface area contributed by atoms with Gasteiger partial charge in [-0.3, -0.25) is 0 Å². The predicted molar refractivity (Wildman–Crippen MR) is 108 cm³/mol. The zero-order chi connectivity index (χ0) is 18.3. The van der Waals surface area contributed by atoms with Gasteiger partial charge in [-0.1, -0.05) is 22.7 Å². The number of nitrogens with one attached hydrogen (secondary N) is 1. The molecule has 0 aliphatic heterocycles. The second-order valence-electron chi connectivity index (χ2n) is 5.41. The van der Waals surface area contributed by atoms with E-state index in [9.17, 15) is 4.79 Å². The highest BCUT2D eigenvalue weighted by Crippen LogP contribution is 2.39. The van der Waals surface area contributed by atoms with Crippen molar-refractivity contribution in [3.8, 4) is 5.75 Å². The monoisotopic (exact) mass is 405 g/mol. The number of ether oxygens (including phenoxy) is 2. The molecule has 0 atom stereocenters. The molecule has 1 N–H and O–H groups in total. The number of hydrogen-bond donors (Lipinski definition) is 1. The van der Waals surface area contributed by atoms with E-state index < -0.39 is 0 Å². The number of benzene rings is 1. The summed E-state index contributed by atoms with van der Waals surface area (Å²) < 4.78 is 12.4. The fraction of sp³-hybridized carbons (Fsp3) is 0.235. The summed E-state index contributed by atoms with van der Waals surface area (Å²) in [4.78, 5) is 22.6. The fourth-order valence-corrected chi connectivity index (χ4v) is 5.68. The number of nitrogens with zero attached hydrogens (tertiary/aromatic N) is 2. The van der Waals surface area contributed by atoms with Gasteiger partial charge in [-0.2, -0.15) is 0 Å². The average Bonchev–Trinajstić information content (AvgIpc) is 3.28. The van der Waals surface area contributed by atoms with Crippen molar-refractivity contribution in [3.63, 3.8) is 0 Å². The van der Waals surface area contributed by atoms with Crippen LogP contribution < -0.4 is 10.1 Å². The minimum Gasteiger partial charge on any atom is -0.497 e. The number of rotatable bonds is 5. The zero-order valence-corrected chi connectivity index (χ0v) is 16.7. The first-order chi connectivity index (χ1) is 12.6. The molecule has 1 aromatic carbocycles. The van der Waals surface area contributed by atoms with Crippen LogP contribution in [0.3, 0.4) is 0 Å². The Hall–Kier alpha value is -2.23. The van der Waals surface area contributed by atoms with E-state index >= 15 is 0 Å². The average molecular weight is 406 g/mol. The van der Waals surface area contributed by atoms with Gasteiger partial charge in [-0.25, -0.2) is 14.8 Å². The molecule has 0 aliphatic rings. The molecular formula is C17H15N3O3S3. The van der Waals surface area contributed by atoms with E-state index in [-0.39, 0.29) is 5.97 Å². The van der Waals surface area contributed by atoms with Crippen molar-refractivity contribution in [2.45, 2.75) is 13.8 Å². The number of methoxy groups -OCH3 is 1. The first kappa shape index (κ1) is 17.2. The lowest BCUT2D eigenvalue weighted by Gasteiger charge is -1.99. The van der Waals surface area contributed by atoms with Gasteiger partial charge >= 0.3 is 5.97 Å². The lowest BCUT2D eigenvalue weighted by atomic mass is 10.3. The Morgan fingerprint density at radius 2 is 2.00 bits per heavy atom. The van der Waals surface area contributed by atoms with Gasteiger partial charge in [0, 0.05) is 0 Å². The summed E-state index contributed by atoms with van der Waals surface area (Å²) in [6, 6.07) is 5.80. The highest BCUT2D eigenvalue weighted by molar-refractivity contribution is 7.30. The number of anilines is 2. The summed E-state index contributed by atoms with van der Waals surface area (Å²) in [5.41, 5.74) is 1.83. The van der Waals surface area contributed by atoms with Gasteiger partial charge < -0.3 is 14.8 Å². The van der Waals surface area contributed by atoms with E-state index in [1.807, 2.05) is 25.1 Å². The second kappa shape index (κ2) is 6.82. The van der Waals surface area contributed by atoms with Crippen molar-refractivity contribution in [1.29, 1.82) is 0 Å². The van der Waals surface area contributed by atoms with Crippen LogP contribution in [-0.4, -0.2) is 29.7 Å². The standard InChI is InChI=1S/C17H15N3O3S3/c1-4-23-15(21)13-8(2)12-14(25-13)19-17(26-12)20-16-18-10-6-5-9(22-3)7-11(10)24-16/h5-7H,4H2,1-3H3,(H,18,19,20). The molecule has 4 aromatic rings. The van der Waals surface area contributed by atoms with Gasteiger partial charge in [0.2, 0.25) is 0 Å². The quantitative estimate of drug-likeness (QED) is 0.460. The molecular weight excluding hydrogens is 390 g/mol. The molecule has 0 fully saturated rings. The van der Waals surface area contributed by atoms with E-state index in [1.54, 1.807) is 25.4 Å². The van der Waals surface area contributed by atoms with Crippen LogP contribution in [0.4, 0.5) is 10.3 Å². The number of esters is 1. The molecule has 0 bridgehead atoms. The number of aromatic nitrogens is 2. The molecule has 9 heteroatoms. The van der Waals surface area contributed by atoms with E-state index in [1.165, 1.54) is 22.7 Å². The van der Waals surface area contributed by atoms with Gasteiger partial charge in [0.15, 0.2) is 10.3 Å². The number of thiophene rings is 1. The summed E-state index contributed by atoms with van der Waals surface area (Å²) in [6.45, 7) is 4.10. The molecule has 0 spiro atoms. The van der Waals surface area contributed by atoms with Crippen LogP contribution in [0.25, 0.3) is 19.7 Å². The fourth-order valence-electron chi connectivity index (χ4n) is 2.51. The molecule has 0 unspecified atom stereocenters. The van der Waals surface area contributed by atoms with E-state index in [2.05, 4.69) is 15.3 Å². The summed E-state index contributed by atoms with van der Waals surface area (Å²) in [6.07, 6.45) is 0. The SMILES string of the molecule is CCOC(=O)c1sc2nc(Nc3nc4ccc(OC)cc4s3)sc2c1C. The van der Waals surface area contributed by atoms with Crippen molar-refractivity contribution in [2.75, 3.05) is 19.0 Å². The molecule has 4 rings (SSSR count). The maximum absolute atomic E-state index is 12.0. The summed E-state index contributed by atoms with van der Waals surface area (Å²) >= 11 is 4.43.